The third-order valence-corrected chi connectivity index (χ3v) is 5.36. The van der Waals surface area contributed by atoms with Crippen LogP contribution in [0, 0.1) is 0 Å². The van der Waals surface area contributed by atoms with E-state index in [1.54, 1.807) is 11.3 Å². The van der Waals surface area contributed by atoms with Gasteiger partial charge in [0.25, 0.3) is 0 Å². The number of carbonyl (C=O) groups is 1. The number of urea groups is 1. The van der Waals surface area contributed by atoms with E-state index in [1.165, 1.54) is 17.7 Å². The summed E-state index contributed by atoms with van der Waals surface area (Å²) in [5.74, 6) is 0.741. The lowest BCUT2D eigenvalue weighted by Gasteiger charge is -2.11. The first kappa shape index (κ1) is 15.2. The number of benzene rings is 1. The molecule has 2 amide bonds. The topological polar surface area (TPSA) is 67.2 Å². The second-order valence-corrected chi connectivity index (χ2v) is 7.19. The second kappa shape index (κ2) is 6.28. The summed E-state index contributed by atoms with van der Waals surface area (Å²) in [5.41, 5.74) is 1.97. The molecule has 5 nitrogen and oxygen atoms in total. The molecule has 1 unspecified atom stereocenters. The third kappa shape index (κ3) is 3.01. The van der Waals surface area contributed by atoms with Gasteiger partial charge in [-0.2, -0.15) is 0 Å². The van der Waals surface area contributed by atoms with Crippen molar-refractivity contribution in [3.63, 3.8) is 0 Å². The van der Waals surface area contributed by atoms with Crippen molar-refractivity contribution in [1.29, 1.82) is 0 Å². The highest BCUT2D eigenvalue weighted by molar-refractivity contribution is 7.15. The van der Waals surface area contributed by atoms with E-state index in [9.17, 15) is 4.79 Å². The van der Waals surface area contributed by atoms with Gasteiger partial charge in [0.1, 0.15) is 11.3 Å². The Morgan fingerprint density at radius 1 is 1.29 bits per heavy atom. The Bertz CT molecular complexity index is 827. The van der Waals surface area contributed by atoms with Crippen molar-refractivity contribution in [2.24, 2.45) is 0 Å². The highest BCUT2D eigenvalue weighted by Gasteiger charge is 2.18. The van der Waals surface area contributed by atoms with Crippen LogP contribution in [0.1, 0.15) is 42.1 Å². The number of hydrogen-bond acceptors (Lipinski definition) is 4. The number of thiazole rings is 1. The summed E-state index contributed by atoms with van der Waals surface area (Å²) in [7, 11) is 0. The molecule has 1 atom stereocenters. The average Bonchev–Trinajstić information content (AvgIpc) is 3.17. The standard InChI is InChI=1S/C18H19N3O2S/c1-11(15-10-12-6-2-4-8-14(12)23-15)19-17(22)21-18-20-13-7-3-5-9-16(13)24-18/h2,4,6,8,10-11H,3,5,7,9H2,1H3,(H2,19,20,21,22). The molecule has 0 saturated heterocycles. The third-order valence-electron chi connectivity index (χ3n) is 4.29. The van der Waals surface area contributed by atoms with Crippen molar-refractivity contribution in [1.82, 2.24) is 10.3 Å². The maximum Gasteiger partial charge on any atom is 0.321 e. The number of hydrogen-bond donors (Lipinski definition) is 2. The fraction of sp³-hybridized carbons (Fsp3) is 0.333. The lowest BCUT2D eigenvalue weighted by atomic mass is 10.0. The van der Waals surface area contributed by atoms with Crippen LogP contribution in [0.15, 0.2) is 34.7 Å². The monoisotopic (exact) mass is 341 g/mol. The highest BCUT2D eigenvalue weighted by Crippen LogP contribution is 2.29. The molecule has 0 aliphatic heterocycles. The number of carbonyl (C=O) groups excluding carboxylic acids is 1. The molecule has 0 fully saturated rings. The van der Waals surface area contributed by atoms with E-state index < -0.39 is 0 Å². The molecular weight excluding hydrogens is 322 g/mol. The number of aryl methyl sites for hydroxylation is 2. The average molecular weight is 341 g/mol. The number of anilines is 1. The Morgan fingerprint density at radius 2 is 2.12 bits per heavy atom. The molecule has 6 heteroatoms. The number of aromatic nitrogens is 1. The van der Waals surface area contributed by atoms with Crippen molar-refractivity contribution >= 4 is 33.5 Å². The minimum absolute atomic E-state index is 0.216. The van der Waals surface area contributed by atoms with Crippen LogP contribution < -0.4 is 10.6 Å². The molecule has 0 saturated carbocycles. The summed E-state index contributed by atoms with van der Waals surface area (Å²) in [6.45, 7) is 1.91. The predicted octanol–water partition coefficient (Wildman–Crippen LogP) is 4.65. The van der Waals surface area contributed by atoms with Gasteiger partial charge in [-0.25, -0.2) is 9.78 Å². The van der Waals surface area contributed by atoms with Gasteiger partial charge in [0, 0.05) is 10.3 Å². The van der Waals surface area contributed by atoms with Crippen LogP contribution in [0.5, 0.6) is 0 Å². The fourth-order valence-electron chi connectivity index (χ4n) is 3.02. The van der Waals surface area contributed by atoms with Crippen molar-refractivity contribution in [3.05, 3.63) is 46.7 Å². The molecule has 2 aromatic heterocycles. The van der Waals surface area contributed by atoms with Gasteiger partial charge in [-0.05, 0) is 44.7 Å². The number of fused-ring (bicyclic) bond motifs is 2. The number of furan rings is 1. The zero-order chi connectivity index (χ0) is 16.5. The van der Waals surface area contributed by atoms with Gasteiger partial charge in [0.15, 0.2) is 5.13 Å². The summed E-state index contributed by atoms with van der Waals surface area (Å²) < 4.78 is 5.79. The molecule has 1 aliphatic carbocycles. The van der Waals surface area contributed by atoms with Crippen LogP contribution in [0.2, 0.25) is 0 Å². The SMILES string of the molecule is CC(NC(=O)Nc1nc2c(s1)CCCC2)c1cc2ccccc2o1. The minimum Gasteiger partial charge on any atom is -0.459 e. The number of rotatable bonds is 3. The molecule has 0 radical (unpaired) electrons. The molecular formula is C18H19N3O2S. The fourth-order valence-corrected chi connectivity index (χ4v) is 4.07. The Labute approximate surface area is 144 Å². The Balaban J connectivity index is 1.42. The lowest BCUT2D eigenvalue weighted by molar-refractivity contribution is 0.248. The smallest absolute Gasteiger partial charge is 0.321 e. The van der Waals surface area contributed by atoms with E-state index >= 15 is 0 Å². The number of nitrogens with zero attached hydrogens (tertiary/aromatic N) is 1. The van der Waals surface area contributed by atoms with Crippen molar-refractivity contribution in [2.45, 2.75) is 38.6 Å². The van der Waals surface area contributed by atoms with Gasteiger partial charge in [-0.3, -0.25) is 5.32 Å². The molecule has 0 bridgehead atoms. The predicted molar refractivity (Wildman–Crippen MR) is 95.5 cm³/mol. The van der Waals surface area contributed by atoms with E-state index in [1.807, 2.05) is 37.3 Å². The summed E-state index contributed by atoms with van der Waals surface area (Å²) in [5, 5.41) is 7.47. The van der Waals surface area contributed by atoms with E-state index in [4.69, 9.17) is 4.42 Å². The van der Waals surface area contributed by atoms with Crippen molar-refractivity contribution in [3.8, 4) is 0 Å². The maximum absolute atomic E-state index is 12.2. The molecule has 3 aromatic rings. The molecule has 24 heavy (non-hydrogen) atoms. The number of amides is 2. The van der Waals surface area contributed by atoms with E-state index in [0.717, 1.165) is 35.3 Å². The van der Waals surface area contributed by atoms with Gasteiger partial charge >= 0.3 is 6.03 Å². The zero-order valence-electron chi connectivity index (χ0n) is 13.5. The Hall–Kier alpha value is -2.34. The Kier molecular flexibility index (Phi) is 3.98. The molecule has 1 aliphatic rings. The Morgan fingerprint density at radius 3 is 2.96 bits per heavy atom. The van der Waals surface area contributed by atoms with Crippen LogP contribution in [0.4, 0.5) is 9.93 Å². The van der Waals surface area contributed by atoms with Crippen LogP contribution in [0.25, 0.3) is 11.0 Å². The molecule has 0 spiro atoms. The van der Waals surface area contributed by atoms with Crippen LogP contribution in [-0.4, -0.2) is 11.0 Å². The normalized spacial score (nSPS) is 15.0. The van der Waals surface area contributed by atoms with Gasteiger partial charge in [-0.15, -0.1) is 11.3 Å². The molecule has 124 valence electrons. The largest absolute Gasteiger partial charge is 0.459 e. The summed E-state index contributed by atoms with van der Waals surface area (Å²) in [6, 6.07) is 9.31. The first-order valence-corrected chi connectivity index (χ1v) is 9.05. The van der Waals surface area contributed by atoms with Gasteiger partial charge in [0.2, 0.25) is 0 Å². The minimum atomic E-state index is -0.256. The van der Waals surface area contributed by atoms with E-state index in [-0.39, 0.29) is 12.1 Å². The first-order chi connectivity index (χ1) is 11.7. The quantitative estimate of drug-likeness (QED) is 0.728. The molecule has 2 heterocycles. The van der Waals surface area contributed by atoms with Gasteiger partial charge < -0.3 is 9.73 Å². The van der Waals surface area contributed by atoms with Crippen LogP contribution >= 0.6 is 11.3 Å². The first-order valence-electron chi connectivity index (χ1n) is 8.23. The van der Waals surface area contributed by atoms with Crippen molar-refractivity contribution in [2.75, 3.05) is 5.32 Å². The van der Waals surface area contributed by atoms with Crippen molar-refractivity contribution < 1.29 is 9.21 Å². The summed E-state index contributed by atoms with van der Waals surface area (Å²) in [6.07, 6.45) is 4.49. The van der Waals surface area contributed by atoms with Crippen LogP contribution in [-0.2, 0) is 12.8 Å². The van der Waals surface area contributed by atoms with E-state index in [2.05, 4.69) is 15.6 Å². The number of para-hydroxylation sites is 1. The lowest BCUT2D eigenvalue weighted by Crippen LogP contribution is -2.30. The number of nitrogens with one attached hydrogen (secondary N) is 2. The van der Waals surface area contributed by atoms with E-state index in [0.29, 0.717) is 5.13 Å². The van der Waals surface area contributed by atoms with Crippen LogP contribution in [0.3, 0.4) is 0 Å². The molecule has 1 aromatic carbocycles. The van der Waals surface area contributed by atoms with Gasteiger partial charge in [0.05, 0.1) is 11.7 Å². The molecule has 4 rings (SSSR count). The summed E-state index contributed by atoms with van der Waals surface area (Å²) in [4.78, 5) is 18.1. The maximum atomic E-state index is 12.2. The highest BCUT2D eigenvalue weighted by atomic mass is 32.1. The second-order valence-electron chi connectivity index (χ2n) is 6.10. The zero-order valence-corrected chi connectivity index (χ0v) is 14.3. The molecule has 2 N–H and O–H groups in total. The van der Waals surface area contributed by atoms with Gasteiger partial charge in [-0.1, -0.05) is 18.2 Å². The summed E-state index contributed by atoms with van der Waals surface area (Å²) >= 11 is 1.58.